The lowest BCUT2D eigenvalue weighted by Crippen LogP contribution is -2.40. The van der Waals surface area contributed by atoms with E-state index in [9.17, 15) is 26.3 Å². The minimum absolute atomic E-state index is 0.552. The zero-order chi connectivity index (χ0) is 13.3. The maximum absolute atomic E-state index is 13.2. The monoisotopic (exact) mass is 259 g/mol. The van der Waals surface area contributed by atoms with E-state index in [4.69, 9.17) is 5.21 Å². The smallest absolute Gasteiger partial charge is 0.291 e. The summed E-state index contributed by atoms with van der Waals surface area (Å²) < 4.78 is 74.5. The first-order valence-corrected chi connectivity index (χ1v) is 4.29. The Balaban J connectivity index is 3.16. The molecule has 1 aromatic carbocycles. The number of alkyl halides is 6. The van der Waals surface area contributed by atoms with Crippen molar-refractivity contribution in [3.05, 3.63) is 29.8 Å². The molecule has 0 aliphatic rings. The molecule has 0 heterocycles. The van der Waals surface area contributed by atoms with Crippen LogP contribution in [0.3, 0.4) is 0 Å². The molecule has 0 spiro atoms. The number of nitrogens with one attached hydrogen (secondary N) is 1. The SMILES string of the molecule is ONc1ccccc1C(F)C(F)(F)C(F)(F)F. The molecule has 8 heteroatoms. The highest BCUT2D eigenvalue weighted by Gasteiger charge is 2.64. The summed E-state index contributed by atoms with van der Waals surface area (Å²) in [6.45, 7) is 0. The molecule has 0 aliphatic heterocycles. The fourth-order valence-corrected chi connectivity index (χ4v) is 1.16. The first-order valence-electron chi connectivity index (χ1n) is 4.29. The van der Waals surface area contributed by atoms with E-state index in [2.05, 4.69) is 0 Å². The number of rotatable bonds is 3. The van der Waals surface area contributed by atoms with Gasteiger partial charge in [-0.3, -0.25) is 10.7 Å². The molecule has 96 valence electrons. The molecule has 0 saturated heterocycles. The Morgan fingerprint density at radius 1 is 1.06 bits per heavy atom. The summed E-state index contributed by atoms with van der Waals surface area (Å²) in [5, 5.41) is 8.49. The number of hydrogen-bond donors (Lipinski definition) is 2. The molecule has 0 aliphatic carbocycles. The number of para-hydroxylation sites is 1. The summed E-state index contributed by atoms with van der Waals surface area (Å²) in [6.07, 6.45) is -9.60. The van der Waals surface area contributed by atoms with Crippen LogP contribution < -0.4 is 5.48 Å². The summed E-state index contributed by atoms with van der Waals surface area (Å²) in [5.41, 5.74) is -0.167. The summed E-state index contributed by atoms with van der Waals surface area (Å²) in [7, 11) is 0. The van der Waals surface area contributed by atoms with Crippen LogP contribution in [0.5, 0.6) is 0 Å². The van der Waals surface area contributed by atoms with Crippen molar-refractivity contribution in [1.29, 1.82) is 0 Å². The van der Waals surface area contributed by atoms with Crippen LogP contribution in [0.1, 0.15) is 11.7 Å². The topological polar surface area (TPSA) is 32.3 Å². The second kappa shape index (κ2) is 4.44. The van der Waals surface area contributed by atoms with Gasteiger partial charge in [0.25, 0.3) is 0 Å². The van der Waals surface area contributed by atoms with Gasteiger partial charge in [0.05, 0.1) is 5.69 Å². The largest absolute Gasteiger partial charge is 0.456 e. The Morgan fingerprint density at radius 3 is 2.06 bits per heavy atom. The molecule has 1 atom stereocenters. The van der Waals surface area contributed by atoms with Gasteiger partial charge in [-0.25, -0.2) is 4.39 Å². The minimum Gasteiger partial charge on any atom is -0.291 e. The van der Waals surface area contributed by atoms with Gasteiger partial charge in [-0.2, -0.15) is 22.0 Å². The van der Waals surface area contributed by atoms with Crippen molar-refractivity contribution in [2.45, 2.75) is 18.3 Å². The predicted octanol–water partition coefficient (Wildman–Crippen LogP) is 3.70. The van der Waals surface area contributed by atoms with Crippen LogP contribution in [0, 0.1) is 0 Å². The van der Waals surface area contributed by atoms with E-state index in [-0.39, 0.29) is 0 Å². The van der Waals surface area contributed by atoms with Crippen molar-refractivity contribution < 1.29 is 31.5 Å². The Morgan fingerprint density at radius 2 is 1.59 bits per heavy atom. The molecule has 2 N–H and O–H groups in total. The minimum atomic E-state index is -6.00. The van der Waals surface area contributed by atoms with Gasteiger partial charge in [0, 0.05) is 5.56 Å². The molecule has 0 bridgehead atoms. The average Bonchev–Trinajstić information content (AvgIpc) is 2.26. The first-order chi connectivity index (χ1) is 7.71. The van der Waals surface area contributed by atoms with E-state index < -0.39 is 29.5 Å². The molecule has 17 heavy (non-hydrogen) atoms. The third-order valence-corrected chi connectivity index (χ3v) is 2.05. The molecule has 0 fully saturated rings. The highest BCUT2D eigenvalue weighted by atomic mass is 19.4. The zero-order valence-electron chi connectivity index (χ0n) is 8.10. The van der Waals surface area contributed by atoms with E-state index >= 15 is 0 Å². The molecule has 0 aromatic heterocycles. The van der Waals surface area contributed by atoms with Crippen LogP contribution in [0.15, 0.2) is 24.3 Å². The first kappa shape index (κ1) is 13.6. The lowest BCUT2D eigenvalue weighted by atomic mass is 10.0. The van der Waals surface area contributed by atoms with Crippen molar-refractivity contribution in [1.82, 2.24) is 0 Å². The van der Waals surface area contributed by atoms with Crippen LogP contribution in [0.4, 0.5) is 32.0 Å². The maximum atomic E-state index is 13.2. The van der Waals surface area contributed by atoms with Gasteiger partial charge >= 0.3 is 12.1 Å². The fraction of sp³-hybridized carbons (Fsp3) is 0.333. The second-order valence-electron chi connectivity index (χ2n) is 3.18. The van der Waals surface area contributed by atoms with Crippen LogP contribution in [-0.2, 0) is 0 Å². The zero-order valence-corrected chi connectivity index (χ0v) is 8.10. The predicted molar refractivity (Wildman–Crippen MR) is 46.7 cm³/mol. The molecule has 0 radical (unpaired) electrons. The fourth-order valence-electron chi connectivity index (χ4n) is 1.16. The molecule has 0 amide bonds. The van der Waals surface area contributed by atoms with Gasteiger partial charge < -0.3 is 0 Å². The summed E-state index contributed by atoms with van der Waals surface area (Å²) >= 11 is 0. The molecule has 1 aromatic rings. The lowest BCUT2D eigenvalue weighted by Gasteiger charge is -2.24. The van der Waals surface area contributed by atoms with Crippen molar-refractivity contribution in [2.24, 2.45) is 0 Å². The lowest BCUT2D eigenvalue weighted by molar-refractivity contribution is -0.305. The van der Waals surface area contributed by atoms with Crippen molar-refractivity contribution in [2.75, 3.05) is 5.48 Å². The molecule has 0 saturated carbocycles. The highest BCUT2D eigenvalue weighted by molar-refractivity contribution is 5.51. The number of halogens is 6. The second-order valence-corrected chi connectivity index (χ2v) is 3.18. The number of benzene rings is 1. The quantitative estimate of drug-likeness (QED) is 0.640. The van der Waals surface area contributed by atoms with E-state index in [1.54, 1.807) is 0 Å². The van der Waals surface area contributed by atoms with Crippen molar-refractivity contribution >= 4 is 5.69 Å². The maximum Gasteiger partial charge on any atom is 0.456 e. The van der Waals surface area contributed by atoms with Gasteiger partial charge in [-0.1, -0.05) is 18.2 Å². The molecule has 1 unspecified atom stereocenters. The van der Waals surface area contributed by atoms with E-state index in [0.29, 0.717) is 0 Å². The van der Waals surface area contributed by atoms with Crippen LogP contribution in [-0.4, -0.2) is 17.3 Å². The number of anilines is 1. The summed E-state index contributed by atoms with van der Waals surface area (Å²) in [6, 6.07) is 4.01. The van der Waals surface area contributed by atoms with Gasteiger partial charge in [0.1, 0.15) is 0 Å². The highest BCUT2D eigenvalue weighted by Crippen LogP contribution is 2.47. The van der Waals surface area contributed by atoms with Gasteiger partial charge in [0.2, 0.25) is 0 Å². The Hall–Kier alpha value is -1.44. The summed E-state index contributed by atoms with van der Waals surface area (Å²) in [5.74, 6) is -5.53. The third-order valence-electron chi connectivity index (χ3n) is 2.05. The number of hydrogen-bond acceptors (Lipinski definition) is 2. The van der Waals surface area contributed by atoms with E-state index in [0.717, 1.165) is 18.2 Å². The van der Waals surface area contributed by atoms with E-state index in [1.165, 1.54) is 11.5 Å². The normalized spacial score (nSPS) is 14.5. The van der Waals surface area contributed by atoms with Gasteiger partial charge in [-0.15, -0.1) is 0 Å². The summed E-state index contributed by atoms with van der Waals surface area (Å²) in [4.78, 5) is 0. The standard InChI is InChI=1S/C9H7F6NO/c10-7(8(11,12)9(13,14)15)5-3-1-2-4-6(5)16-17/h1-4,7,16-17H. The molecular formula is C9H7F6NO. The molecule has 2 nitrogen and oxygen atoms in total. The van der Waals surface area contributed by atoms with Crippen molar-refractivity contribution in [3.8, 4) is 0 Å². The molecule has 1 rings (SSSR count). The Bertz CT molecular complexity index is 391. The van der Waals surface area contributed by atoms with E-state index in [1.807, 2.05) is 0 Å². The average molecular weight is 259 g/mol. The van der Waals surface area contributed by atoms with Crippen molar-refractivity contribution in [3.63, 3.8) is 0 Å². The Labute approximate surface area is 91.8 Å². The van der Waals surface area contributed by atoms with Gasteiger partial charge in [-0.05, 0) is 6.07 Å². The van der Waals surface area contributed by atoms with Crippen LogP contribution in [0.25, 0.3) is 0 Å². The Kier molecular flexibility index (Phi) is 3.56. The van der Waals surface area contributed by atoms with Crippen LogP contribution in [0.2, 0.25) is 0 Å². The van der Waals surface area contributed by atoms with Gasteiger partial charge in [0.15, 0.2) is 6.17 Å². The van der Waals surface area contributed by atoms with Crippen LogP contribution >= 0.6 is 0 Å². The third kappa shape index (κ3) is 2.46. The molecular weight excluding hydrogens is 252 g/mol.